The fraction of sp³-hybridized carbons (Fsp3) is 0.0556. The molecule has 0 amide bonds. The number of benzene rings is 4. The first-order valence-electron chi connectivity index (χ1n) is 14.0. The molecule has 204 valence electrons. The Balaban J connectivity index is 1.49. The Hall–Kier alpha value is -5.07. The normalized spacial score (nSPS) is 11.7. The number of fused-ring (bicyclic) bond motifs is 3. The smallest absolute Gasteiger partial charge is 0.137 e. The van der Waals surface area contributed by atoms with E-state index in [1.807, 2.05) is 67.0 Å². The molecule has 0 atom stereocenters. The van der Waals surface area contributed by atoms with Crippen molar-refractivity contribution in [3.8, 4) is 5.69 Å². The summed E-state index contributed by atoms with van der Waals surface area (Å²) in [5.41, 5.74) is 5.10. The fourth-order valence-electron chi connectivity index (χ4n) is 5.76. The van der Waals surface area contributed by atoms with Crippen molar-refractivity contribution in [1.82, 2.24) is 14.5 Å². The molecule has 0 spiro atoms. The first-order chi connectivity index (χ1) is 20.5. The van der Waals surface area contributed by atoms with E-state index in [0.29, 0.717) is 0 Å². The van der Waals surface area contributed by atoms with Crippen LogP contribution < -0.4 is 15.4 Å². The maximum absolute atomic E-state index is 13.9. The number of pyridine rings is 2. The number of nitrogens with zero attached hydrogens (tertiary/aromatic N) is 4. The lowest BCUT2D eigenvalue weighted by Crippen LogP contribution is -2.54. The second kappa shape index (κ2) is 10.4. The van der Waals surface area contributed by atoms with Gasteiger partial charge >= 0.3 is 0 Å². The fourth-order valence-corrected chi connectivity index (χ4v) is 7.98. The first-order valence-corrected chi connectivity index (χ1v) is 17.0. The predicted octanol–water partition coefficient (Wildman–Crippen LogP) is 8.01. The van der Waals surface area contributed by atoms with Crippen LogP contribution in [0.4, 0.5) is 21.6 Å². The Morgan fingerprint density at radius 2 is 1.29 bits per heavy atom. The second-order valence-electron chi connectivity index (χ2n) is 10.9. The Bertz CT molecular complexity index is 1970. The van der Waals surface area contributed by atoms with E-state index in [1.165, 1.54) is 17.3 Å². The van der Waals surface area contributed by atoms with Crippen molar-refractivity contribution in [3.63, 3.8) is 0 Å². The average molecular weight is 565 g/mol. The highest BCUT2D eigenvalue weighted by molar-refractivity contribution is 7.00. The van der Waals surface area contributed by atoms with Crippen LogP contribution in [-0.4, -0.2) is 22.6 Å². The number of aromatic nitrogens is 3. The van der Waals surface area contributed by atoms with E-state index in [1.54, 1.807) is 0 Å². The Morgan fingerprint density at radius 1 is 0.619 bits per heavy atom. The maximum atomic E-state index is 13.9. The third kappa shape index (κ3) is 4.46. The van der Waals surface area contributed by atoms with Gasteiger partial charge in [-0.15, -0.1) is 0 Å². The monoisotopic (exact) mass is 564 g/mol. The van der Waals surface area contributed by atoms with Gasteiger partial charge in [0.1, 0.15) is 19.7 Å². The van der Waals surface area contributed by atoms with Gasteiger partial charge in [0, 0.05) is 45.5 Å². The van der Waals surface area contributed by atoms with E-state index in [9.17, 15) is 4.39 Å². The molecule has 0 saturated carbocycles. The lowest BCUT2D eigenvalue weighted by atomic mass is 10.1. The van der Waals surface area contributed by atoms with Crippen LogP contribution in [-0.2, 0) is 0 Å². The standard InChI is InChI=1S/C36H29FN4Si/c1-42(2,36-13-7-9-23-39-36)30-19-21-34-32(25-30)31-24-29(18-20-33(31)41(34)28-16-14-26(37)15-17-28)40(27-10-4-3-5-11-27)35-12-6-8-22-38-35/h3-25H,1-2H3. The molecule has 6 heteroatoms. The van der Waals surface area contributed by atoms with Crippen LogP contribution in [0.15, 0.2) is 140 Å². The van der Waals surface area contributed by atoms with Crippen LogP contribution in [0.5, 0.6) is 0 Å². The lowest BCUT2D eigenvalue weighted by Gasteiger charge is -2.24. The molecule has 4 nitrogen and oxygen atoms in total. The minimum absolute atomic E-state index is 0.249. The number of hydrogen-bond donors (Lipinski definition) is 0. The molecule has 0 unspecified atom stereocenters. The molecule has 0 N–H and O–H groups in total. The van der Waals surface area contributed by atoms with E-state index >= 15 is 0 Å². The molecule has 0 fully saturated rings. The number of hydrogen-bond acceptors (Lipinski definition) is 3. The van der Waals surface area contributed by atoms with Crippen LogP contribution in [0.1, 0.15) is 0 Å². The van der Waals surface area contributed by atoms with Gasteiger partial charge in [0.05, 0.1) is 11.0 Å². The highest BCUT2D eigenvalue weighted by Gasteiger charge is 2.28. The highest BCUT2D eigenvalue weighted by atomic mass is 28.3. The van der Waals surface area contributed by atoms with Gasteiger partial charge in [-0.05, 0) is 84.9 Å². The van der Waals surface area contributed by atoms with E-state index < -0.39 is 8.07 Å². The highest BCUT2D eigenvalue weighted by Crippen LogP contribution is 2.38. The SMILES string of the molecule is C[Si](C)(c1ccc2c(c1)c1cc(N(c3ccccc3)c3ccccn3)ccc1n2-c1ccc(F)cc1)c1ccccn1. The van der Waals surface area contributed by atoms with Crippen molar-refractivity contribution in [1.29, 1.82) is 0 Å². The Morgan fingerprint density at radius 3 is 1.98 bits per heavy atom. The summed E-state index contributed by atoms with van der Waals surface area (Å²) >= 11 is 0. The molecule has 7 rings (SSSR count). The van der Waals surface area contributed by atoms with Crippen LogP contribution in [0.2, 0.25) is 13.1 Å². The average Bonchev–Trinajstić information content (AvgIpc) is 3.36. The summed E-state index contributed by atoms with van der Waals surface area (Å²) in [5.74, 6) is 0.593. The molecule has 0 aliphatic heterocycles. The molecule has 3 aromatic heterocycles. The lowest BCUT2D eigenvalue weighted by molar-refractivity contribution is 0.627. The molecular weight excluding hydrogens is 536 g/mol. The largest absolute Gasteiger partial charge is 0.309 e. The van der Waals surface area contributed by atoms with E-state index in [-0.39, 0.29) is 5.82 Å². The van der Waals surface area contributed by atoms with Crippen molar-refractivity contribution in [2.75, 3.05) is 4.90 Å². The molecule has 0 radical (unpaired) electrons. The summed E-state index contributed by atoms with van der Waals surface area (Å²) in [6.45, 7) is 4.69. The number of anilines is 3. The van der Waals surface area contributed by atoms with E-state index in [2.05, 4.69) is 83.2 Å². The van der Waals surface area contributed by atoms with Gasteiger partial charge in [0.25, 0.3) is 0 Å². The summed E-state index contributed by atoms with van der Waals surface area (Å²) in [5, 5.41) is 4.73. The number of rotatable bonds is 6. The van der Waals surface area contributed by atoms with Crippen molar-refractivity contribution >= 4 is 57.6 Å². The third-order valence-electron chi connectivity index (χ3n) is 8.01. The molecule has 0 aliphatic rings. The predicted molar refractivity (Wildman–Crippen MR) is 174 cm³/mol. The van der Waals surface area contributed by atoms with Gasteiger partial charge in [-0.3, -0.25) is 9.88 Å². The molecule has 7 aromatic rings. The van der Waals surface area contributed by atoms with Gasteiger partial charge in [-0.2, -0.15) is 0 Å². The van der Waals surface area contributed by atoms with Crippen LogP contribution in [0, 0.1) is 5.82 Å². The van der Waals surface area contributed by atoms with Gasteiger partial charge in [0.15, 0.2) is 0 Å². The molecular formula is C36H29FN4Si. The summed E-state index contributed by atoms with van der Waals surface area (Å²) in [6.07, 6.45) is 3.70. The van der Waals surface area contributed by atoms with Crippen molar-refractivity contribution in [2.45, 2.75) is 13.1 Å². The number of halogens is 1. The van der Waals surface area contributed by atoms with Gasteiger partial charge in [-0.1, -0.05) is 60.7 Å². The second-order valence-corrected chi connectivity index (χ2v) is 15.3. The zero-order valence-electron chi connectivity index (χ0n) is 23.4. The first kappa shape index (κ1) is 25.9. The summed E-state index contributed by atoms with van der Waals surface area (Å²) in [4.78, 5) is 11.6. The Labute approximate surface area is 245 Å². The zero-order chi connectivity index (χ0) is 28.7. The van der Waals surface area contributed by atoms with Crippen LogP contribution in [0.3, 0.4) is 0 Å². The van der Waals surface area contributed by atoms with E-state index in [0.717, 1.165) is 50.0 Å². The molecule has 42 heavy (non-hydrogen) atoms. The van der Waals surface area contributed by atoms with Crippen molar-refractivity contribution in [2.24, 2.45) is 0 Å². The van der Waals surface area contributed by atoms with Crippen molar-refractivity contribution < 1.29 is 4.39 Å². The van der Waals surface area contributed by atoms with Gasteiger partial charge < -0.3 is 4.57 Å². The molecule has 0 saturated heterocycles. The molecule has 0 bridgehead atoms. The maximum Gasteiger partial charge on any atom is 0.137 e. The summed E-state index contributed by atoms with van der Waals surface area (Å²) in [6, 6.07) is 42.5. The zero-order valence-corrected chi connectivity index (χ0v) is 24.4. The molecule has 0 aliphatic carbocycles. The third-order valence-corrected chi connectivity index (χ3v) is 11.3. The topological polar surface area (TPSA) is 34.0 Å². The van der Waals surface area contributed by atoms with Crippen molar-refractivity contribution in [3.05, 3.63) is 146 Å². The number of para-hydroxylation sites is 1. The van der Waals surface area contributed by atoms with Crippen LogP contribution >= 0.6 is 0 Å². The van der Waals surface area contributed by atoms with E-state index in [4.69, 9.17) is 9.97 Å². The molecule has 3 heterocycles. The van der Waals surface area contributed by atoms with Gasteiger partial charge in [-0.25, -0.2) is 9.37 Å². The quantitative estimate of drug-likeness (QED) is 0.192. The van der Waals surface area contributed by atoms with Crippen LogP contribution in [0.25, 0.3) is 27.5 Å². The summed E-state index contributed by atoms with van der Waals surface area (Å²) in [7, 11) is -2.07. The minimum atomic E-state index is -2.07. The molecule has 4 aromatic carbocycles. The summed E-state index contributed by atoms with van der Waals surface area (Å²) < 4.78 is 16.2. The van der Waals surface area contributed by atoms with Gasteiger partial charge in [0.2, 0.25) is 0 Å². The minimum Gasteiger partial charge on any atom is -0.309 e. The Kier molecular flexibility index (Phi) is 6.40.